The topological polar surface area (TPSA) is 44.8 Å². The van der Waals surface area contributed by atoms with Gasteiger partial charge in [0, 0.05) is 12.0 Å². The van der Waals surface area contributed by atoms with Crippen LogP contribution < -0.4 is 0 Å². The second-order valence-corrected chi connectivity index (χ2v) is 5.79. The molecule has 4 rings (SSSR count). The van der Waals surface area contributed by atoms with Crippen molar-refractivity contribution in [3.63, 3.8) is 0 Å². The Morgan fingerprint density at radius 1 is 1.47 bits per heavy atom. The van der Waals surface area contributed by atoms with E-state index in [1.807, 2.05) is 0 Å². The summed E-state index contributed by atoms with van der Waals surface area (Å²) in [5.41, 5.74) is -0.0515. The highest BCUT2D eigenvalue weighted by molar-refractivity contribution is 5.81. The Balaban J connectivity index is 1.67. The van der Waals surface area contributed by atoms with Crippen molar-refractivity contribution >= 4 is 5.97 Å². The van der Waals surface area contributed by atoms with Crippen molar-refractivity contribution in [1.29, 1.82) is 0 Å². The Morgan fingerprint density at radius 3 is 3.06 bits per heavy atom. The minimum Gasteiger partial charge on any atom is -0.454 e. The van der Waals surface area contributed by atoms with E-state index < -0.39 is 0 Å². The highest BCUT2D eigenvalue weighted by atomic mass is 16.6. The summed E-state index contributed by atoms with van der Waals surface area (Å²) in [7, 11) is 0. The summed E-state index contributed by atoms with van der Waals surface area (Å²) in [4.78, 5) is 11.4. The molecule has 17 heavy (non-hydrogen) atoms. The van der Waals surface area contributed by atoms with Gasteiger partial charge in [0.15, 0.2) is 6.10 Å². The quantitative estimate of drug-likeness (QED) is 0.531. The third-order valence-corrected chi connectivity index (χ3v) is 5.03. The van der Waals surface area contributed by atoms with Crippen molar-refractivity contribution in [1.82, 2.24) is 0 Å². The van der Waals surface area contributed by atoms with E-state index in [1.165, 1.54) is 6.08 Å². The molecule has 0 spiro atoms. The van der Waals surface area contributed by atoms with Crippen molar-refractivity contribution in [2.24, 2.45) is 11.8 Å². The van der Waals surface area contributed by atoms with E-state index >= 15 is 0 Å². The Hall–Kier alpha value is -0.870. The van der Waals surface area contributed by atoms with Crippen LogP contribution in [0.2, 0.25) is 0 Å². The van der Waals surface area contributed by atoms with Crippen LogP contribution in [0.1, 0.15) is 19.8 Å². The molecule has 4 heteroatoms. The standard InChI is InChI=1S/C13H16O4/c1-3-7(14)15-11-9-6-4-5-13(2)8(6)10(16-9)12(11)17-13/h3,6,8-12H,1,4-5H2,2H3. The first kappa shape index (κ1) is 10.1. The molecule has 0 amide bonds. The molecule has 3 saturated heterocycles. The highest BCUT2D eigenvalue weighted by Gasteiger charge is 2.74. The summed E-state index contributed by atoms with van der Waals surface area (Å²) >= 11 is 0. The number of rotatable bonds is 2. The van der Waals surface area contributed by atoms with Crippen LogP contribution in [0, 0.1) is 11.8 Å². The predicted molar refractivity (Wildman–Crippen MR) is 58.2 cm³/mol. The molecular formula is C13H16O4. The maximum absolute atomic E-state index is 11.4. The summed E-state index contributed by atoms with van der Waals surface area (Å²) in [6, 6.07) is 0. The molecule has 0 N–H and O–H groups in total. The van der Waals surface area contributed by atoms with Gasteiger partial charge in [-0.2, -0.15) is 0 Å². The molecule has 3 heterocycles. The Kier molecular flexibility index (Phi) is 1.74. The summed E-state index contributed by atoms with van der Waals surface area (Å²) in [6.07, 6.45) is 3.33. The Bertz CT molecular complexity index is 398. The van der Waals surface area contributed by atoms with Gasteiger partial charge < -0.3 is 14.2 Å². The molecule has 7 unspecified atom stereocenters. The van der Waals surface area contributed by atoms with Crippen LogP contribution in [-0.4, -0.2) is 36.0 Å². The number of hydrogen-bond donors (Lipinski definition) is 0. The van der Waals surface area contributed by atoms with Gasteiger partial charge in [-0.05, 0) is 25.7 Å². The number of esters is 1. The minimum atomic E-state index is -0.376. The van der Waals surface area contributed by atoms with Gasteiger partial charge in [0.05, 0.1) is 11.7 Å². The van der Waals surface area contributed by atoms with E-state index in [4.69, 9.17) is 14.2 Å². The number of fused-ring (bicyclic) bond motifs is 2. The van der Waals surface area contributed by atoms with Crippen molar-refractivity contribution in [3.05, 3.63) is 12.7 Å². The number of ether oxygens (including phenoxy) is 3. The molecule has 0 aromatic heterocycles. The van der Waals surface area contributed by atoms with E-state index in [0.717, 1.165) is 12.8 Å². The lowest BCUT2D eigenvalue weighted by molar-refractivity contribution is -0.155. The van der Waals surface area contributed by atoms with Crippen molar-refractivity contribution in [2.45, 2.75) is 49.8 Å². The minimum absolute atomic E-state index is 0.0447. The summed E-state index contributed by atoms with van der Waals surface area (Å²) in [5, 5.41) is 0. The molecule has 4 nitrogen and oxygen atoms in total. The summed E-state index contributed by atoms with van der Waals surface area (Å²) < 4.78 is 17.5. The first-order chi connectivity index (χ1) is 8.14. The molecule has 92 valence electrons. The van der Waals surface area contributed by atoms with Crippen molar-refractivity contribution in [2.75, 3.05) is 0 Å². The molecule has 2 bridgehead atoms. The zero-order valence-corrected chi connectivity index (χ0v) is 9.80. The average molecular weight is 236 g/mol. The average Bonchev–Trinajstić information content (AvgIpc) is 2.95. The predicted octanol–water partition coefficient (Wildman–Crippen LogP) is 1.05. The fourth-order valence-corrected chi connectivity index (χ4v) is 4.45. The highest BCUT2D eigenvalue weighted by Crippen LogP contribution is 2.63. The fourth-order valence-electron chi connectivity index (χ4n) is 4.45. The monoisotopic (exact) mass is 236 g/mol. The van der Waals surface area contributed by atoms with E-state index in [-0.39, 0.29) is 36.0 Å². The van der Waals surface area contributed by atoms with Gasteiger partial charge in [-0.25, -0.2) is 4.79 Å². The maximum atomic E-state index is 11.4. The molecule has 3 aliphatic heterocycles. The van der Waals surface area contributed by atoms with Gasteiger partial charge in [-0.3, -0.25) is 0 Å². The lowest BCUT2D eigenvalue weighted by Crippen LogP contribution is -2.44. The van der Waals surface area contributed by atoms with Crippen LogP contribution in [0.25, 0.3) is 0 Å². The first-order valence-electron chi connectivity index (χ1n) is 6.30. The van der Waals surface area contributed by atoms with E-state index in [0.29, 0.717) is 11.8 Å². The molecule has 0 aromatic rings. The molecule has 0 radical (unpaired) electrons. The molecule has 1 saturated carbocycles. The maximum Gasteiger partial charge on any atom is 0.330 e. The molecule has 0 aromatic carbocycles. The Morgan fingerprint density at radius 2 is 2.29 bits per heavy atom. The summed E-state index contributed by atoms with van der Waals surface area (Å²) in [5.74, 6) is 0.641. The summed E-state index contributed by atoms with van der Waals surface area (Å²) in [6.45, 7) is 5.61. The molecule has 1 aliphatic carbocycles. The van der Waals surface area contributed by atoms with E-state index in [1.54, 1.807) is 0 Å². The lowest BCUT2D eigenvalue weighted by atomic mass is 9.77. The van der Waals surface area contributed by atoms with Gasteiger partial charge in [-0.15, -0.1) is 0 Å². The van der Waals surface area contributed by atoms with Crippen molar-refractivity contribution < 1.29 is 19.0 Å². The van der Waals surface area contributed by atoms with Gasteiger partial charge >= 0.3 is 5.97 Å². The third-order valence-electron chi connectivity index (χ3n) is 5.03. The SMILES string of the molecule is C=CC(=O)OC1C2OC3C1OC1(C)CCC2C31. The van der Waals surface area contributed by atoms with Crippen LogP contribution in [0.4, 0.5) is 0 Å². The molecule has 7 atom stereocenters. The molecule has 4 aliphatic rings. The van der Waals surface area contributed by atoms with Crippen LogP contribution in [0.5, 0.6) is 0 Å². The fraction of sp³-hybridized carbons (Fsp3) is 0.769. The van der Waals surface area contributed by atoms with Gasteiger partial charge in [0.1, 0.15) is 12.2 Å². The Labute approximate surface area is 99.9 Å². The van der Waals surface area contributed by atoms with Gasteiger partial charge in [-0.1, -0.05) is 6.58 Å². The zero-order valence-electron chi connectivity index (χ0n) is 9.80. The molecule has 4 fully saturated rings. The third kappa shape index (κ3) is 1.04. The van der Waals surface area contributed by atoms with Crippen LogP contribution >= 0.6 is 0 Å². The number of hydrogen-bond acceptors (Lipinski definition) is 4. The van der Waals surface area contributed by atoms with Crippen LogP contribution in [0.3, 0.4) is 0 Å². The van der Waals surface area contributed by atoms with Crippen LogP contribution in [0.15, 0.2) is 12.7 Å². The van der Waals surface area contributed by atoms with Gasteiger partial charge in [0.2, 0.25) is 0 Å². The largest absolute Gasteiger partial charge is 0.454 e. The van der Waals surface area contributed by atoms with Crippen LogP contribution in [-0.2, 0) is 19.0 Å². The van der Waals surface area contributed by atoms with E-state index in [9.17, 15) is 4.79 Å². The van der Waals surface area contributed by atoms with E-state index in [2.05, 4.69) is 13.5 Å². The smallest absolute Gasteiger partial charge is 0.330 e. The molecular weight excluding hydrogens is 220 g/mol. The zero-order chi connectivity index (χ0) is 11.8. The lowest BCUT2D eigenvalue weighted by Gasteiger charge is -2.28. The normalized spacial score (nSPS) is 57.5. The number of carbonyl (C=O) groups excluding carboxylic acids is 1. The van der Waals surface area contributed by atoms with Gasteiger partial charge in [0.25, 0.3) is 0 Å². The number of carbonyl (C=O) groups is 1. The van der Waals surface area contributed by atoms with Crippen molar-refractivity contribution in [3.8, 4) is 0 Å². The second-order valence-electron chi connectivity index (χ2n) is 5.79. The first-order valence-corrected chi connectivity index (χ1v) is 6.30. The second kappa shape index (κ2) is 2.93.